The molecule has 0 amide bonds. The molecular weight excluding hydrogens is 166 g/mol. The van der Waals surface area contributed by atoms with Crippen molar-refractivity contribution in [1.82, 2.24) is 5.32 Å². The standard InChI is InChI=1S/C10H21NO2/c1-8(13)5-11-6-9-3-2-4-10(9)7-12/h8-13H,2-7H2,1H3. The highest BCUT2D eigenvalue weighted by Crippen LogP contribution is 2.30. The van der Waals surface area contributed by atoms with Crippen LogP contribution in [0.15, 0.2) is 0 Å². The van der Waals surface area contributed by atoms with Crippen molar-refractivity contribution in [2.45, 2.75) is 32.3 Å². The maximum atomic E-state index is 9.07. The Bertz CT molecular complexity index is 139. The third-order valence-electron chi connectivity index (χ3n) is 2.90. The summed E-state index contributed by atoms with van der Waals surface area (Å²) in [5.74, 6) is 1.10. The molecule has 0 aromatic heterocycles. The van der Waals surface area contributed by atoms with Crippen LogP contribution in [0, 0.1) is 11.8 Å². The van der Waals surface area contributed by atoms with Crippen LogP contribution in [0.25, 0.3) is 0 Å². The number of aliphatic hydroxyl groups excluding tert-OH is 2. The first kappa shape index (κ1) is 11.0. The summed E-state index contributed by atoms with van der Waals surface area (Å²) in [6, 6.07) is 0. The van der Waals surface area contributed by atoms with Gasteiger partial charge in [0.15, 0.2) is 0 Å². The summed E-state index contributed by atoms with van der Waals surface area (Å²) in [6.07, 6.45) is 3.36. The molecule has 3 N–H and O–H groups in total. The lowest BCUT2D eigenvalue weighted by Gasteiger charge is -2.18. The molecule has 3 heteroatoms. The molecule has 78 valence electrons. The van der Waals surface area contributed by atoms with Crippen molar-refractivity contribution in [3.8, 4) is 0 Å². The molecule has 1 saturated carbocycles. The molecule has 0 radical (unpaired) electrons. The summed E-state index contributed by atoms with van der Waals surface area (Å²) >= 11 is 0. The van der Waals surface area contributed by atoms with Crippen molar-refractivity contribution < 1.29 is 10.2 Å². The Morgan fingerprint density at radius 3 is 2.69 bits per heavy atom. The highest BCUT2D eigenvalue weighted by Gasteiger charge is 2.25. The number of rotatable bonds is 5. The van der Waals surface area contributed by atoms with Gasteiger partial charge in [0, 0.05) is 13.2 Å². The normalized spacial score (nSPS) is 30.7. The van der Waals surface area contributed by atoms with Gasteiger partial charge in [-0.1, -0.05) is 6.42 Å². The third kappa shape index (κ3) is 3.63. The third-order valence-corrected chi connectivity index (χ3v) is 2.90. The average molecular weight is 187 g/mol. The molecule has 0 aromatic rings. The van der Waals surface area contributed by atoms with Crippen molar-refractivity contribution in [1.29, 1.82) is 0 Å². The molecule has 1 aliphatic carbocycles. The van der Waals surface area contributed by atoms with Crippen molar-refractivity contribution in [3.63, 3.8) is 0 Å². The molecule has 0 spiro atoms. The van der Waals surface area contributed by atoms with Crippen molar-refractivity contribution in [2.24, 2.45) is 11.8 Å². The summed E-state index contributed by atoms with van der Waals surface area (Å²) in [6.45, 7) is 3.71. The fourth-order valence-corrected chi connectivity index (χ4v) is 2.10. The quantitative estimate of drug-likeness (QED) is 0.582. The van der Waals surface area contributed by atoms with E-state index in [-0.39, 0.29) is 6.10 Å². The number of aliphatic hydroxyl groups is 2. The van der Waals surface area contributed by atoms with Gasteiger partial charge in [0.1, 0.15) is 0 Å². The van der Waals surface area contributed by atoms with Gasteiger partial charge in [-0.2, -0.15) is 0 Å². The zero-order chi connectivity index (χ0) is 9.68. The Hall–Kier alpha value is -0.120. The van der Waals surface area contributed by atoms with Crippen LogP contribution in [0.1, 0.15) is 26.2 Å². The molecule has 13 heavy (non-hydrogen) atoms. The molecule has 1 rings (SSSR count). The molecule has 0 bridgehead atoms. The maximum Gasteiger partial charge on any atom is 0.0636 e. The maximum absolute atomic E-state index is 9.07. The smallest absolute Gasteiger partial charge is 0.0636 e. The van der Waals surface area contributed by atoms with Gasteiger partial charge in [-0.3, -0.25) is 0 Å². The molecule has 0 saturated heterocycles. The van der Waals surface area contributed by atoms with Crippen LogP contribution in [0.4, 0.5) is 0 Å². The highest BCUT2D eigenvalue weighted by molar-refractivity contribution is 4.78. The SMILES string of the molecule is CC(O)CNCC1CCCC1CO. The lowest BCUT2D eigenvalue weighted by Crippen LogP contribution is -2.31. The van der Waals surface area contributed by atoms with E-state index in [0.717, 1.165) is 13.0 Å². The Balaban J connectivity index is 2.13. The van der Waals surface area contributed by atoms with E-state index < -0.39 is 0 Å². The van der Waals surface area contributed by atoms with Crippen molar-refractivity contribution in [3.05, 3.63) is 0 Å². The predicted molar refractivity (Wildman–Crippen MR) is 52.5 cm³/mol. The van der Waals surface area contributed by atoms with Gasteiger partial charge in [0.2, 0.25) is 0 Å². The second-order valence-corrected chi connectivity index (χ2v) is 4.14. The minimum atomic E-state index is -0.269. The van der Waals surface area contributed by atoms with Gasteiger partial charge in [-0.15, -0.1) is 0 Å². The Labute approximate surface area is 80.2 Å². The summed E-state index contributed by atoms with van der Waals surface area (Å²) < 4.78 is 0. The van der Waals surface area contributed by atoms with Crippen LogP contribution in [-0.2, 0) is 0 Å². The zero-order valence-electron chi connectivity index (χ0n) is 8.37. The molecule has 1 fully saturated rings. The van der Waals surface area contributed by atoms with Crippen molar-refractivity contribution in [2.75, 3.05) is 19.7 Å². The van der Waals surface area contributed by atoms with E-state index in [2.05, 4.69) is 5.32 Å². The lowest BCUT2D eigenvalue weighted by molar-refractivity contribution is 0.173. The van der Waals surface area contributed by atoms with E-state index in [1.165, 1.54) is 12.8 Å². The molecule has 0 aliphatic heterocycles. The number of hydrogen-bond donors (Lipinski definition) is 3. The molecule has 3 unspecified atom stereocenters. The summed E-state index contributed by atoms with van der Waals surface area (Å²) in [7, 11) is 0. The molecule has 3 atom stereocenters. The molecule has 1 aliphatic rings. The van der Waals surface area contributed by atoms with Crippen LogP contribution in [-0.4, -0.2) is 36.0 Å². The largest absolute Gasteiger partial charge is 0.396 e. The van der Waals surface area contributed by atoms with E-state index in [1.54, 1.807) is 6.92 Å². The van der Waals surface area contributed by atoms with E-state index >= 15 is 0 Å². The Kier molecular flexibility index (Phi) is 4.70. The van der Waals surface area contributed by atoms with Gasteiger partial charge >= 0.3 is 0 Å². The van der Waals surface area contributed by atoms with Crippen LogP contribution >= 0.6 is 0 Å². The van der Waals surface area contributed by atoms with Crippen molar-refractivity contribution >= 4 is 0 Å². The minimum absolute atomic E-state index is 0.269. The number of hydrogen-bond acceptors (Lipinski definition) is 3. The summed E-state index contributed by atoms with van der Waals surface area (Å²) in [5.41, 5.74) is 0. The lowest BCUT2D eigenvalue weighted by atomic mass is 9.97. The molecular formula is C10H21NO2. The molecule has 3 nitrogen and oxygen atoms in total. The molecule has 0 aromatic carbocycles. The van der Waals surface area contributed by atoms with Crippen LogP contribution in [0.3, 0.4) is 0 Å². The van der Waals surface area contributed by atoms with E-state index in [9.17, 15) is 0 Å². The van der Waals surface area contributed by atoms with Crippen LogP contribution < -0.4 is 5.32 Å². The van der Waals surface area contributed by atoms with Crippen LogP contribution in [0.5, 0.6) is 0 Å². The predicted octanol–water partition coefficient (Wildman–Crippen LogP) is 0.365. The van der Waals surface area contributed by atoms with Gasteiger partial charge < -0.3 is 15.5 Å². The van der Waals surface area contributed by atoms with E-state index in [1.807, 2.05) is 0 Å². The minimum Gasteiger partial charge on any atom is -0.396 e. The Morgan fingerprint density at radius 1 is 1.38 bits per heavy atom. The first-order valence-corrected chi connectivity index (χ1v) is 5.23. The zero-order valence-corrected chi connectivity index (χ0v) is 8.37. The van der Waals surface area contributed by atoms with Gasteiger partial charge in [0.25, 0.3) is 0 Å². The van der Waals surface area contributed by atoms with Gasteiger partial charge in [-0.25, -0.2) is 0 Å². The monoisotopic (exact) mass is 187 g/mol. The topological polar surface area (TPSA) is 52.5 Å². The average Bonchev–Trinajstić information content (AvgIpc) is 2.51. The van der Waals surface area contributed by atoms with E-state index in [0.29, 0.717) is 25.0 Å². The first-order chi connectivity index (χ1) is 6.24. The summed E-state index contributed by atoms with van der Waals surface area (Å²) in [5, 5.41) is 21.3. The highest BCUT2D eigenvalue weighted by atomic mass is 16.3. The molecule has 0 heterocycles. The van der Waals surface area contributed by atoms with Crippen LogP contribution in [0.2, 0.25) is 0 Å². The first-order valence-electron chi connectivity index (χ1n) is 5.23. The Morgan fingerprint density at radius 2 is 2.08 bits per heavy atom. The fraction of sp³-hybridized carbons (Fsp3) is 1.00. The van der Waals surface area contributed by atoms with Gasteiger partial charge in [-0.05, 0) is 38.1 Å². The summed E-state index contributed by atoms with van der Waals surface area (Å²) in [4.78, 5) is 0. The second-order valence-electron chi connectivity index (χ2n) is 4.14. The van der Waals surface area contributed by atoms with E-state index in [4.69, 9.17) is 10.2 Å². The fourth-order valence-electron chi connectivity index (χ4n) is 2.10. The number of nitrogens with one attached hydrogen (secondary N) is 1. The van der Waals surface area contributed by atoms with Gasteiger partial charge in [0.05, 0.1) is 6.10 Å². The second kappa shape index (κ2) is 5.58.